The average Bonchev–Trinajstić information content (AvgIpc) is 2.97. The van der Waals surface area contributed by atoms with Gasteiger partial charge < -0.3 is 19.6 Å². The van der Waals surface area contributed by atoms with Crippen LogP contribution < -0.4 is 0 Å². The zero-order valence-electron chi connectivity index (χ0n) is 12.0. The molecule has 0 aromatic carbocycles. The number of morpholine rings is 1. The van der Waals surface area contributed by atoms with Crippen LogP contribution in [0.4, 0.5) is 4.79 Å². The molecule has 1 unspecified atom stereocenters. The lowest BCUT2D eigenvalue weighted by Crippen LogP contribution is -2.53. The molecule has 0 bridgehead atoms. The van der Waals surface area contributed by atoms with Gasteiger partial charge in [-0.3, -0.25) is 4.79 Å². The Hall–Kier alpha value is -1.60. The molecule has 1 aliphatic rings. The van der Waals surface area contributed by atoms with E-state index in [9.17, 15) is 9.59 Å². The predicted octanol–water partition coefficient (Wildman–Crippen LogP) is 1.52. The SMILES string of the molecule is CN(CCc1cccs1)C(=O)N1CCOCC1CC(=O)O. The van der Waals surface area contributed by atoms with Crippen LogP contribution in [0.3, 0.4) is 0 Å². The maximum Gasteiger partial charge on any atom is 0.320 e. The second kappa shape index (κ2) is 7.42. The molecule has 7 heteroatoms. The van der Waals surface area contributed by atoms with Crippen LogP contribution in [-0.2, 0) is 16.0 Å². The monoisotopic (exact) mass is 312 g/mol. The topological polar surface area (TPSA) is 70.1 Å². The van der Waals surface area contributed by atoms with E-state index in [1.54, 1.807) is 28.2 Å². The molecule has 0 saturated carbocycles. The van der Waals surface area contributed by atoms with Crippen LogP contribution in [0.15, 0.2) is 17.5 Å². The molecule has 1 aliphatic heterocycles. The van der Waals surface area contributed by atoms with Crippen molar-refractivity contribution in [3.63, 3.8) is 0 Å². The van der Waals surface area contributed by atoms with Crippen molar-refractivity contribution in [2.75, 3.05) is 33.4 Å². The zero-order chi connectivity index (χ0) is 15.2. The van der Waals surface area contributed by atoms with E-state index in [2.05, 4.69) is 0 Å². The fourth-order valence-corrected chi connectivity index (χ4v) is 3.02. The molecule has 2 heterocycles. The second-order valence-electron chi connectivity index (χ2n) is 5.05. The Bertz CT molecular complexity index is 477. The normalized spacial score (nSPS) is 18.5. The summed E-state index contributed by atoms with van der Waals surface area (Å²) in [6.07, 6.45) is 0.734. The summed E-state index contributed by atoms with van der Waals surface area (Å²) in [5.74, 6) is -0.912. The highest BCUT2D eigenvalue weighted by atomic mass is 32.1. The minimum atomic E-state index is -0.912. The van der Waals surface area contributed by atoms with Gasteiger partial charge in [-0.15, -0.1) is 11.3 Å². The molecule has 1 saturated heterocycles. The Kier molecular flexibility index (Phi) is 5.58. The molecule has 1 fully saturated rings. The van der Waals surface area contributed by atoms with Gasteiger partial charge >= 0.3 is 12.0 Å². The fourth-order valence-electron chi connectivity index (χ4n) is 2.32. The van der Waals surface area contributed by atoms with Crippen molar-refractivity contribution in [3.05, 3.63) is 22.4 Å². The summed E-state index contributed by atoms with van der Waals surface area (Å²) in [5.41, 5.74) is 0. The number of urea groups is 1. The Morgan fingerprint density at radius 1 is 1.57 bits per heavy atom. The van der Waals surface area contributed by atoms with Crippen LogP contribution in [0.5, 0.6) is 0 Å². The highest BCUT2D eigenvalue weighted by Gasteiger charge is 2.30. The first-order valence-corrected chi connectivity index (χ1v) is 7.79. The molecule has 1 N–H and O–H groups in total. The summed E-state index contributed by atoms with van der Waals surface area (Å²) < 4.78 is 5.29. The van der Waals surface area contributed by atoms with Gasteiger partial charge in [-0.05, 0) is 17.9 Å². The molecular weight excluding hydrogens is 292 g/mol. The van der Waals surface area contributed by atoms with E-state index in [0.717, 1.165) is 6.42 Å². The number of carboxylic acids is 1. The van der Waals surface area contributed by atoms with Gasteiger partial charge in [0.05, 0.1) is 25.7 Å². The highest BCUT2D eigenvalue weighted by molar-refractivity contribution is 7.09. The van der Waals surface area contributed by atoms with E-state index in [0.29, 0.717) is 19.7 Å². The number of aliphatic carboxylic acids is 1. The van der Waals surface area contributed by atoms with Crippen LogP contribution in [0.1, 0.15) is 11.3 Å². The minimum Gasteiger partial charge on any atom is -0.481 e. The smallest absolute Gasteiger partial charge is 0.320 e. The molecule has 6 nitrogen and oxygen atoms in total. The molecular formula is C14H20N2O4S. The number of hydrogen-bond donors (Lipinski definition) is 1. The lowest BCUT2D eigenvalue weighted by molar-refractivity contribution is -0.139. The number of carbonyl (C=O) groups excluding carboxylic acids is 1. The van der Waals surface area contributed by atoms with Gasteiger partial charge in [-0.25, -0.2) is 4.79 Å². The van der Waals surface area contributed by atoms with E-state index in [1.165, 1.54) is 4.88 Å². The van der Waals surface area contributed by atoms with Crippen LogP contribution >= 0.6 is 11.3 Å². The first-order chi connectivity index (χ1) is 10.1. The number of nitrogens with zero attached hydrogens (tertiary/aromatic N) is 2. The minimum absolute atomic E-state index is 0.0789. The van der Waals surface area contributed by atoms with Crippen LogP contribution in [0.2, 0.25) is 0 Å². The van der Waals surface area contributed by atoms with E-state index in [-0.39, 0.29) is 25.1 Å². The van der Waals surface area contributed by atoms with Crippen molar-refractivity contribution in [2.45, 2.75) is 18.9 Å². The van der Waals surface area contributed by atoms with Gasteiger partial charge in [-0.1, -0.05) is 6.07 Å². The number of hydrogen-bond acceptors (Lipinski definition) is 4. The van der Waals surface area contributed by atoms with Gasteiger partial charge in [0.15, 0.2) is 0 Å². The molecule has 2 rings (SSSR count). The summed E-state index contributed by atoms with van der Waals surface area (Å²) in [6, 6.07) is 3.53. The fraction of sp³-hybridized carbons (Fsp3) is 0.571. The first-order valence-electron chi connectivity index (χ1n) is 6.91. The third-order valence-electron chi connectivity index (χ3n) is 3.48. The largest absolute Gasteiger partial charge is 0.481 e. The summed E-state index contributed by atoms with van der Waals surface area (Å²) >= 11 is 1.67. The molecule has 1 aromatic heterocycles. The van der Waals surface area contributed by atoms with Crippen LogP contribution in [0.25, 0.3) is 0 Å². The van der Waals surface area contributed by atoms with Crippen molar-refractivity contribution in [1.82, 2.24) is 9.80 Å². The molecule has 1 atom stereocenters. The Morgan fingerprint density at radius 2 is 2.38 bits per heavy atom. The number of likely N-dealkylation sites (N-methyl/N-ethyl adjacent to an activating group) is 1. The van der Waals surface area contributed by atoms with Gasteiger partial charge in [0, 0.05) is 25.0 Å². The third kappa shape index (κ3) is 4.44. The Morgan fingerprint density at radius 3 is 3.05 bits per heavy atom. The molecule has 0 spiro atoms. The molecule has 0 radical (unpaired) electrons. The van der Waals surface area contributed by atoms with Crippen LogP contribution in [0, 0.1) is 0 Å². The van der Waals surface area contributed by atoms with Crippen molar-refractivity contribution in [1.29, 1.82) is 0 Å². The predicted molar refractivity (Wildman–Crippen MR) is 79.6 cm³/mol. The molecule has 2 amide bonds. The van der Waals surface area contributed by atoms with Crippen molar-refractivity contribution >= 4 is 23.3 Å². The molecule has 21 heavy (non-hydrogen) atoms. The summed E-state index contributed by atoms with van der Waals surface area (Å²) in [5, 5.41) is 10.9. The first kappa shape index (κ1) is 15.8. The lowest BCUT2D eigenvalue weighted by atomic mass is 10.1. The average molecular weight is 312 g/mol. The van der Waals surface area contributed by atoms with Crippen molar-refractivity contribution in [2.24, 2.45) is 0 Å². The van der Waals surface area contributed by atoms with Gasteiger partial charge in [0.25, 0.3) is 0 Å². The number of thiophene rings is 1. The molecule has 116 valence electrons. The van der Waals surface area contributed by atoms with Crippen LogP contribution in [-0.4, -0.2) is 66.3 Å². The zero-order valence-corrected chi connectivity index (χ0v) is 12.8. The number of carboxylic acid groups (broad SMARTS) is 1. The van der Waals surface area contributed by atoms with E-state index in [4.69, 9.17) is 9.84 Å². The standard InChI is InChI=1S/C14H20N2O4S/c1-15(5-4-12-3-2-8-21-12)14(19)16-6-7-20-10-11(16)9-13(17)18/h2-3,8,11H,4-7,9-10H2,1H3,(H,17,18). The number of amides is 2. The Labute approximate surface area is 127 Å². The molecule has 0 aliphatic carbocycles. The number of ether oxygens (including phenoxy) is 1. The summed E-state index contributed by atoms with van der Waals surface area (Å²) in [4.78, 5) is 27.8. The highest BCUT2D eigenvalue weighted by Crippen LogP contribution is 2.14. The lowest BCUT2D eigenvalue weighted by Gasteiger charge is -2.37. The quantitative estimate of drug-likeness (QED) is 0.895. The van der Waals surface area contributed by atoms with E-state index >= 15 is 0 Å². The Balaban J connectivity index is 1.90. The summed E-state index contributed by atoms with van der Waals surface area (Å²) in [6.45, 7) is 1.81. The number of rotatable bonds is 5. The van der Waals surface area contributed by atoms with E-state index in [1.807, 2.05) is 17.5 Å². The summed E-state index contributed by atoms with van der Waals surface area (Å²) in [7, 11) is 1.75. The number of carbonyl (C=O) groups is 2. The third-order valence-corrected chi connectivity index (χ3v) is 4.42. The molecule has 1 aromatic rings. The van der Waals surface area contributed by atoms with Crippen molar-refractivity contribution < 1.29 is 19.4 Å². The van der Waals surface area contributed by atoms with Gasteiger partial charge in [-0.2, -0.15) is 0 Å². The maximum atomic E-state index is 12.5. The maximum absolute atomic E-state index is 12.5. The van der Waals surface area contributed by atoms with Gasteiger partial charge in [0.2, 0.25) is 0 Å². The van der Waals surface area contributed by atoms with Gasteiger partial charge in [0.1, 0.15) is 0 Å². The van der Waals surface area contributed by atoms with Crippen molar-refractivity contribution in [3.8, 4) is 0 Å². The van der Waals surface area contributed by atoms with E-state index < -0.39 is 5.97 Å². The second-order valence-corrected chi connectivity index (χ2v) is 6.09.